The molecule has 0 bridgehead atoms. The molecule has 0 saturated carbocycles. The van der Waals surface area contributed by atoms with E-state index in [9.17, 15) is 14.0 Å². The number of methoxy groups -OCH3 is 2. The van der Waals surface area contributed by atoms with E-state index >= 15 is 0 Å². The number of nitrogens with zero attached hydrogens (tertiary/aromatic N) is 1. The highest BCUT2D eigenvalue weighted by atomic mass is 19.1. The molecule has 0 aliphatic carbocycles. The summed E-state index contributed by atoms with van der Waals surface area (Å²) in [5, 5.41) is 3.36. The van der Waals surface area contributed by atoms with Gasteiger partial charge in [-0.15, -0.1) is 0 Å². The van der Waals surface area contributed by atoms with Gasteiger partial charge in [-0.1, -0.05) is 24.3 Å². The number of rotatable bonds is 8. The number of pyridine rings is 1. The van der Waals surface area contributed by atoms with Gasteiger partial charge < -0.3 is 14.8 Å². The van der Waals surface area contributed by atoms with Crippen molar-refractivity contribution in [3.8, 4) is 11.5 Å². The summed E-state index contributed by atoms with van der Waals surface area (Å²) < 4.78 is 25.9. The molecule has 0 unspecified atom stereocenters. The second kappa shape index (κ2) is 10.2. The second-order valence-corrected chi connectivity index (χ2v) is 7.86. The predicted octanol–water partition coefficient (Wildman–Crippen LogP) is 4.58. The molecule has 0 saturated heterocycles. The summed E-state index contributed by atoms with van der Waals surface area (Å²) in [7, 11) is 3.15. The van der Waals surface area contributed by atoms with Crippen molar-refractivity contribution in [2.45, 2.75) is 19.4 Å². The van der Waals surface area contributed by atoms with Crippen molar-refractivity contribution in [3.63, 3.8) is 0 Å². The maximum absolute atomic E-state index is 14.0. The Morgan fingerprint density at radius 2 is 1.62 bits per heavy atom. The summed E-state index contributed by atoms with van der Waals surface area (Å²) in [6.45, 7) is -0.257. The van der Waals surface area contributed by atoms with E-state index in [-0.39, 0.29) is 17.8 Å². The number of hydrogen-bond donors (Lipinski definition) is 1. The Kier molecular flexibility index (Phi) is 6.92. The van der Waals surface area contributed by atoms with E-state index in [2.05, 4.69) is 5.32 Å². The zero-order valence-electron chi connectivity index (χ0n) is 19.0. The van der Waals surface area contributed by atoms with Gasteiger partial charge in [0.2, 0.25) is 5.91 Å². The lowest BCUT2D eigenvalue weighted by atomic mass is 10.0. The van der Waals surface area contributed by atoms with E-state index in [0.29, 0.717) is 29.7 Å². The molecule has 1 aromatic heterocycles. The molecule has 34 heavy (non-hydrogen) atoms. The van der Waals surface area contributed by atoms with Crippen molar-refractivity contribution < 1.29 is 18.7 Å². The number of amides is 1. The Morgan fingerprint density at radius 3 is 2.32 bits per heavy atom. The van der Waals surface area contributed by atoms with Crippen LogP contribution in [0.15, 0.2) is 77.6 Å². The van der Waals surface area contributed by atoms with Crippen LogP contribution in [0.4, 0.5) is 10.1 Å². The minimum atomic E-state index is -0.539. The molecule has 7 heteroatoms. The third-order valence-corrected chi connectivity index (χ3v) is 5.67. The van der Waals surface area contributed by atoms with E-state index in [1.54, 1.807) is 25.3 Å². The Balaban J connectivity index is 1.66. The van der Waals surface area contributed by atoms with Crippen LogP contribution >= 0.6 is 0 Å². The average molecular weight is 461 g/mol. The lowest BCUT2D eigenvalue weighted by Crippen LogP contribution is -2.30. The van der Waals surface area contributed by atoms with Crippen molar-refractivity contribution in [2.75, 3.05) is 19.5 Å². The number of aromatic nitrogens is 1. The number of para-hydroxylation sites is 1. The fourth-order valence-electron chi connectivity index (χ4n) is 3.84. The van der Waals surface area contributed by atoms with Crippen molar-refractivity contribution in [2.24, 2.45) is 0 Å². The van der Waals surface area contributed by atoms with Gasteiger partial charge in [0, 0.05) is 11.6 Å². The summed E-state index contributed by atoms with van der Waals surface area (Å²) in [5.41, 5.74) is 2.03. The molecule has 1 N–H and O–H groups in total. The lowest BCUT2D eigenvalue weighted by Gasteiger charge is -2.14. The zero-order valence-corrected chi connectivity index (χ0v) is 19.0. The minimum Gasteiger partial charge on any atom is -0.497 e. The molecule has 1 amide bonds. The highest BCUT2D eigenvalue weighted by Crippen LogP contribution is 2.22. The van der Waals surface area contributed by atoms with Crippen molar-refractivity contribution in [1.29, 1.82) is 0 Å². The van der Waals surface area contributed by atoms with Crippen LogP contribution in [0.3, 0.4) is 0 Å². The summed E-state index contributed by atoms with van der Waals surface area (Å²) >= 11 is 0. The van der Waals surface area contributed by atoms with Gasteiger partial charge in [-0.3, -0.25) is 14.2 Å². The maximum Gasteiger partial charge on any atom is 0.254 e. The first-order valence-corrected chi connectivity index (χ1v) is 10.9. The average Bonchev–Trinajstić information content (AvgIpc) is 2.86. The molecule has 6 nitrogen and oxygen atoms in total. The van der Waals surface area contributed by atoms with Crippen LogP contribution in [-0.4, -0.2) is 24.7 Å². The highest BCUT2D eigenvalue weighted by molar-refractivity contribution is 5.92. The van der Waals surface area contributed by atoms with Gasteiger partial charge in [-0.2, -0.15) is 0 Å². The van der Waals surface area contributed by atoms with Crippen LogP contribution in [0.5, 0.6) is 11.5 Å². The number of carbonyl (C=O) groups is 1. The van der Waals surface area contributed by atoms with E-state index in [0.717, 1.165) is 16.7 Å². The Labute approximate surface area is 196 Å². The molecular formula is C27H25FN2O4. The van der Waals surface area contributed by atoms with Crippen molar-refractivity contribution in [3.05, 3.63) is 100 Å². The topological polar surface area (TPSA) is 69.6 Å². The Morgan fingerprint density at radius 1 is 0.912 bits per heavy atom. The minimum absolute atomic E-state index is 0.0677. The lowest BCUT2D eigenvalue weighted by molar-refractivity contribution is -0.116. The first-order chi connectivity index (χ1) is 16.5. The molecule has 0 spiro atoms. The van der Waals surface area contributed by atoms with Gasteiger partial charge in [-0.25, -0.2) is 4.39 Å². The van der Waals surface area contributed by atoms with E-state index in [1.165, 1.54) is 23.8 Å². The monoisotopic (exact) mass is 460 g/mol. The van der Waals surface area contributed by atoms with Gasteiger partial charge in [0.1, 0.15) is 23.9 Å². The largest absolute Gasteiger partial charge is 0.497 e. The van der Waals surface area contributed by atoms with Gasteiger partial charge in [0.05, 0.1) is 25.4 Å². The first kappa shape index (κ1) is 23.0. The molecule has 0 aliphatic heterocycles. The molecule has 4 aromatic rings. The van der Waals surface area contributed by atoms with Crippen LogP contribution in [0.2, 0.25) is 0 Å². The van der Waals surface area contributed by atoms with Crippen molar-refractivity contribution >= 4 is 22.5 Å². The molecule has 1 heterocycles. The SMILES string of the molecule is COc1ccc(CCc2cc3ccc(OC)cc3n(CC(=O)Nc3ccccc3F)c2=O)cc1. The third kappa shape index (κ3) is 5.09. The molecular weight excluding hydrogens is 435 g/mol. The number of anilines is 1. The van der Waals surface area contributed by atoms with Crippen LogP contribution < -0.4 is 20.3 Å². The Bertz CT molecular complexity index is 1380. The van der Waals surface area contributed by atoms with Gasteiger partial charge in [-0.05, 0) is 66.3 Å². The molecule has 0 aliphatic rings. The number of benzene rings is 3. The highest BCUT2D eigenvalue weighted by Gasteiger charge is 2.15. The summed E-state index contributed by atoms with van der Waals surface area (Å²) in [5.74, 6) is 0.305. The predicted molar refractivity (Wildman–Crippen MR) is 130 cm³/mol. The van der Waals surface area contributed by atoms with Crippen LogP contribution in [0.1, 0.15) is 11.1 Å². The molecule has 0 radical (unpaired) electrons. The number of fused-ring (bicyclic) bond motifs is 1. The molecule has 3 aromatic carbocycles. The number of halogens is 1. The molecule has 0 atom stereocenters. The first-order valence-electron chi connectivity index (χ1n) is 10.9. The van der Waals surface area contributed by atoms with Crippen molar-refractivity contribution in [1.82, 2.24) is 4.57 Å². The maximum atomic E-state index is 14.0. The standard InChI is InChI=1S/C27H25FN2O4/c1-33-21-12-8-18(9-13-21)7-10-20-15-19-11-14-22(34-2)16-25(19)30(27(20)32)17-26(31)29-24-6-4-3-5-23(24)28/h3-6,8-9,11-16H,7,10,17H2,1-2H3,(H,29,31). The third-order valence-electron chi connectivity index (χ3n) is 5.67. The summed E-state index contributed by atoms with van der Waals surface area (Å²) in [4.78, 5) is 26.2. The van der Waals surface area contributed by atoms with Crippen LogP contribution in [0, 0.1) is 5.82 Å². The molecule has 0 fully saturated rings. The number of nitrogens with one attached hydrogen (secondary N) is 1. The fourth-order valence-corrected chi connectivity index (χ4v) is 3.84. The normalized spacial score (nSPS) is 10.8. The van der Waals surface area contributed by atoms with Crippen LogP contribution in [0.25, 0.3) is 10.9 Å². The second-order valence-electron chi connectivity index (χ2n) is 7.86. The molecule has 174 valence electrons. The Hall–Kier alpha value is -4.13. The number of aryl methyl sites for hydroxylation is 2. The zero-order chi connectivity index (χ0) is 24.1. The quantitative estimate of drug-likeness (QED) is 0.418. The van der Waals surface area contributed by atoms with Crippen LogP contribution in [-0.2, 0) is 24.2 Å². The number of hydrogen-bond acceptors (Lipinski definition) is 4. The van der Waals surface area contributed by atoms with Gasteiger partial charge >= 0.3 is 0 Å². The van der Waals surface area contributed by atoms with Gasteiger partial charge in [0.25, 0.3) is 5.56 Å². The van der Waals surface area contributed by atoms with E-state index in [4.69, 9.17) is 9.47 Å². The number of carbonyl (C=O) groups excluding carboxylic acids is 1. The van der Waals surface area contributed by atoms with E-state index < -0.39 is 11.7 Å². The molecule has 4 rings (SSSR count). The summed E-state index contributed by atoms with van der Waals surface area (Å²) in [6.07, 6.45) is 1.16. The van der Waals surface area contributed by atoms with E-state index in [1.807, 2.05) is 42.5 Å². The fraction of sp³-hybridized carbons (Fsp3) is 0.185. The number of ether oxygens (including phenoxy) is 2. The summed E-state index contributed by atoms with van der Waals surface area (Å²) in [6, 6.07) is 20.8. The van der Waals surface area contributed by atoms with Gasteiger partial charge in [0.15, 0.2) is 0 Å². The smallest absolute Gasteiger partial charge is 0.254 e.